The van der Waals surface area contributed by atoms with Crippen molar-refractivity contribution in [2.24, 2.45) is 0 Å². The maximum Gasteiger partial charge on any atom is 0.292 e. The maximum atomic E-state index is 12.0. The molecule has 0 amide bonds. The van der Waals surface area contributed by atoms with Crippen molar-refractivity contribution in [1.82, 2.24) is 0 Å². The van der Waals surface area contributed by atoms with Crippen LogP contribution in [0.3, 0.4) is 0 Å². The van der Waals surface area contributed by atoms with E-state index < -0.39 is 24.3 Å². The summed E-state index contributed by atoms with van der Waals surface area (Å²) in [6.07, 6.45) is 9.59. The molecule has 0 aromatic heterocycles. The first kappa shape index (κ1) is 24.1. The van der Waals surface area contributed by atoms with Crippen LogP contribution in [0.5, 0.6) is 0 Å². The summed E-state index contributed by atoms with van der Waals surface area (Å²) in [5, 5.41) is 0. The molecular formula is C19H32O6S2. The summed E-state index contributed by atoms with van der Waals surface area (Å²) < 4.78 is 64.7. The van der Waals surface area contributed by atoms with E-state index in [1.807, 2.05) is 0 Å². The van der Waals surface area contributed by atoms with Crippen LogP contribution in [0.1, 0.15) is 83.1 Å². The Morgan fingerprint density at radius 3 is 1.52 bits per heavy atom. The fraction of sp³-hybridized carbons (Fsp3) is 0.684. The Morgan fingerprint density at radius 1 is 0.704 bits per heavy atom. The summed E-state index contributed by atoms with van der Waals surface area (Å²) in [4.78, 5) is 0. The predicted molar refractivity (Wildman–Crippen MR) is 108 cm³/mol. The molecule has 1 rings (SSSR count). The van der Waals surface area contributed by atoms with Gasteiger partial charge < -0.3 is 0 Å². The zero-order valence-corrected chi connectivity index (χ0v) is 17.6. The number of hydrogen-bond donors (Lipinski definition) is 2. The van der Waals surface area contributed by atoms with Gasteiger partial charge in [0, 0.05) is 0 Å². The van der Waals surface area contributed by atoms with E-state index in [2.05, 4.69) is 6.92 Å². The Bertz CT molecular complexity index is 710. The molecule has 0 aliphatic rings. The number of rotatable bonds is 14. The van der Waals surface area contributed by atoms with Crippen LogP contribution in [0.2, 0.25) is 0 Å². The second-order valence-corrected chi connectivity index (χ2v) is 10.6. The zero-order chi connectivity index (χ0) is 20.4. The lowest BCUT2D eigenvalue weighted by molar-refractivity contribution is 0.408. The minimum Gasteiger partial charge on any atom is -0.284 e. The van der Waals surface area contributed by atoms with Crippen molar-refractivity contribution in [3.05, 3.63) is 35.9 Å². The Morgan fingerprint density at radius 2 is 1.11 bits per heavy atom. The van der Waals surface area contributed by atoms with Crippen molar-refractivity contribution >= 4 is 20.2 Å². The van der Waals surface area contributed by atoms with Gasteiger partial charge in [-0.1, -0.05) is 101 Å². The Balaban J connectivity index is 2.68. The zero-order valence-electron chi connectivity index (χ0n) is 16.0. The highest BCUT2D eigenvalue weighted by molar-refractivity contribution is 8.04. The van der Waals surface area contributed by atoms with Gasteiger partial charge in [-0.2, -0.15) is 16.8 Å². The molecule has 27 heavy (non-hydrogen) atoms. The fourth-order valence-electron chi connectivity index (χ4n) is 3.37. The normalized spacial score (nSPS) is 13.0. The lowest BCUT2D eigenvalue weighted by Gasteiger charge is -2.27. The van der Waals surface area contributed by atoms with Crippen LogP contribution in [-0.4, -0.2) is 25.9 Å². The highest BCUT2D eigenvalue weighted by atomic mass is 32.3. The highest BCUT2D eigenvalue weighted by Gasteiger charge is 2.55. The SMILES string of the molecule is CCCCCCCCCCCCC(c1ccccc1)(S(=O)(=O)O)S(=O)(=O)O. The molecule has 0 saturated heterocycles. The van der Waals surface area contributed by atoms with E-state index >= 15 is 0 Å². The smallest absolute Gasteiger partial charge is 0.284 e. The third-order valence-corrected chi connectivity index (χ3v) is 8.72. The molecule has 0 saturated carbocycles. The number of benzene rings is 1. The van der Waals surface area contributed by atoms with E-state index in [9.17, 15) is 25.9 Å². The van der Waals surface area contributed by atoms with E-state index in [1.54, 1.807) is 6.07 Å². The van der Waals surface area contributed by atoms with E-state index in [1.165, 1.54) is 56.4 Å². The minimum atomic E-state index is -5.09. The van der Waals surface area contributed by atoms with Crippen LogP contribution in [0.25, 0.3) is 0 Å². The molecular weight excluding hydrogens is 388 g/mol. The van der Waals surface area contributed by atoms with Crippen LogP contribution in [0, 0.1) is 0 Å². The Labute approximate surface area is 163 Å². The molecule has 0 spiro atoms. The average molecular weight is 421 g/mol. The molecule has 2 N–H and O–H groups in total. The molecule has 0 heterocycles. The topological polar surface area (TPSA) is 109 Å². The molecule has 0 unspecified atom stereocenters. The third-order valence-electron chi connectivity index (χ3n) is 4.91. The van der Waals surface area contributed by atoms with Crippen LogP contribution in [0.15, 0.2) is 30.3 Å². The lowest BCUT2D eigenvalue weighted by atomic mass is 10.0. The molecule has 0 bridgehead atoms. The van der Waals surface area contributed by atoms with Crippen LogP contribution in [-0.2, 0) is 24.3 Å². The molecule has 6 nitrogen and oxygen atoms in total. The number of hydrogen-bond acceptors (Lipinski definition) is 4. The summed E-state index contributed by atoms with van der Waals surface area (Å²) in [7, 11) is -10.2. The van der Waals surface area contributed by atoms with Crippen molar-refractivity contribution in [2.45, 2.75) is 81.6 Å². The van der Waals surface area contributed by atoms with E-state index in [4.69, 9.17) is 0 Å². The molecule has 0 radical (unpaired) electrons. The third kappa shape index (κ3) is 6.85. The molecule has 0 atom stereocenters. The Kier molecular flexibility index (Phi) is 9.94. The predicted octanol–water partition coefficient (Wildman–Crippen LogP) is 4.93. The summed E-state index contributed by atoms with van der Waals surface area (Å²) >= 11 is 0. The van der Waals surface area contributed by atoms with Gasteiger partial charge in [-0.05, 0) is 12.0 Å². The monoisotopic (exact) mass is 420 g/mol. The standard InChI is InChI=1S/C19H32O6S2/c1-2-3-4-5-6-7-8-9-10-14-17-19(26(20,21)22,27(23,24)25)18-15-12-11-13-16-18/h11-13,15-16H,2-10,14,17H2,1H3,(H,20,21,22)(H,23,24,25). The van der Waals surface area contributed by atoms with Gasteiger partial charge in [0.25, 0.3) is 20.2 Å². The van der Waals surface area contributed by atoms with E-state index in [0.29, 0.717) is 6.42 Å². The first-order valence-electron chi connectivity index (χ1n) is 9.66. The Hall–Kier alpha value is -0.960. The van der Waals surface area contributed by atoms with Crippen LogP contribution < -0.4 is 0 Å². The van der Waals surface area contributed by atoms with Gasteiger partial charge in [0.05, 0.1) is 0 Å². The summed E-state index contributed by atoms with van der Waals surface area (Å²) in [5.74, 6) is 0. The summed E-state index contributed by atoms with van der Waals surface area (Å²) in [6.45, 7) is 2.18. The van der Waals surface area contributed by atoms with Crippen molar-refractivity contribution in [3.63, 3.8) is 0 Å². The number of unbranched alkanes of at least 4 members (excludes halogenated alkanes) is 9. The summed E-state index contributed by atoms with van der Waals surface area (Å²) in [5.41, 5.74) is -0.147. The van der Waals surface area contributed by atoms with Crippen molar-refractivity contribution in [2.75, 3.05) is 0 Å². The first-order chi connectivity index (χ1) is 12.7. The second kappa shape index (κ2) is 11.1. The first-order valence-corrected chi connectivity index (χ1v) is 12.5. The largest absolute Gasteiger partial charge is 0.292 e. The van der Waals surface area contributed by atoms with Gasteiger partial charge in [-0.25, -0.2) is 0 Å². The lowest BCUT2D eigenvalue weighted by Crippen LogP contribution is -2.43. The highest BCUT2D eigenvalue weighted by Crippen LogP contribution is 2.40. The van der Waals surface area contributed by atoms with Crippen molar-refractivity contribution in [3.8, 4) is 0 Å². The molecule has 0 aliphatic heterocycles. The van der Waals surface area contributed by atoms with Gasteiger partial charge in [-0.3, -0.25) is 9.11 Å². The van der Waals surface area contributed by atoms with E-state index in [-0.39, 0.29) is 18.4 Å². The fourth-order valence-corrected chi connectivity index (χ4v) is 6.11. The minimum absolute atomic E-state index is 0.147. The van der Waals surface area contributed by atoms with Gasteiger partial charge in [0.15, 0.2) is 0 Å². The van der Waals surface area contributed by atoms with Crippen LogP contribution >= 0.6 is 0 Å². The molecule has 156 valence electrons. The van der Waals surface area contributed by atoms with E-state index in [0.717, 1.165) is 19.3 Å². The average Bonchev–Trinajstić information content (AvgIpc) is 2.58. The van der Waals surface area contributed by atoms with Gasteiger partial charge in [0.2, 0.25) is 4.08 Å². The molecule has 1 aromatic carbocycles. The van der Waals surface area contributed by atoms with Gasteiger partial charge >= 0.3 is 0 Å². The van der Waals surface area contributed by atoms with Crippen molar-refractivity contribution < 1.29 is 25.9 Å². The second-order valence-electron chi connectivity index (χ2n) is 7.00. The van der Waals surface area contributed by atoms with Crippen LogP contribution in [0.4, 0.5) is 0 Å². The van der Waals surface area contributed by atoms with Gasteiger partial charge in [0.1, 0.15) is 0 Å². The molecule has 8 heteroatoms. The molecule has 0 aliphatic carbocycles. The van der Waals surface area contributed by atoms with Gasteiger partial charge in [-0.15, -0.1) is 0 Å². The molecule has 0 fully saturated rings. The quantitative estimate of drug-likeness (QED) is 0.326. The molecule has 1 aromatic rings. The summed E-state index contributed by atoms with van der Waals surface area (Å²) in [6, 6.07) is 7.12. The maximum absolute atomic E-state index is 12.0. The van der Waals surface area contributed by atoms with Crippen molar-refractivity contribution in [1.29, 1.82) is 0 Å².